The zero-order chi connectivity index (χ0) is 16.8. The Balaban J connectivity index is 3.67. The summed E-state index contributed by atoms with van der Waals surface area (Å²) in [6, 6.07) is 0. The lowest BCUT2D eigenvalue weighted by Crippen LogP contribution is -2.39. The molecule has 0 aromatic carbocycles. The van der Waals surface area contributed by atoms with Gasteiger partial charge >= 0.3 is 5.97 Å². The molecule has 3 atom stereocenters. The van der Waals surface area contributed by atoms with E-state index in [1.54, 1.807) is 0 Å². The van der Waals surface area contributed by atoms with Gasteiger partial charge in [0.05, 0.1) is 18.6 Å². The maximum absolute atomic E-state index is 11.1. The molecule has 132 valence electrons. The molecule has 0 fully saturated rings. The number of carboxylic acids is 1. The van der Waals surface area contributed by atoms with Crippen LogP contribution in [0.25, 0.3) is 0 Å². The van der Waals surface area contributed by atoms with Gasteiger partial charge in [0.15, 0.2) is 0 Å². The smallest absolute Gasteiger partial charge is 0.309 e. The first-order valence-electron chi connectivity index (χ1n) is 8.74. The highest BCUT2D eigenvalue weighted by atomic mass is 16.4. The topological polar surface area (TPSA) is 98.0 Å². The fourth-order valence-electron chi connectivity index (χ4n) is 2.67. The van der Waals surface area contributed by atoms with E-state index in [0.717, 1.165) is 19.3 Å². The molecule has 0 aliphatic carbocycles. The number of unbranched alkanes of at least 4 members (excludes halogenated alkanes) is 9. The lowest BCUT2D eigenvalue weighted by molar-refractivity contribution is -0.150. The van der Waals surface area contributed by atoms with E-state index in [-0.39, 0.29) is 0 Å². The molecule has 0 amide bonds. The van der Waals surface area contributed by atoms with Crippen molar-refractivity contribution in [2.45, 2.75) is 89.8 Å². The van der Waals surface area contributed by atoms with E-state index in [9.17, 15) is 15.0 Å². The minimum absolute atomic E-state index is 0.337. The summed E-state index contributed by atoms with van der Waals surface area (Å²) in [5.74, 6) is -2.12. The molecule has 0 heterocycles. The maximum atomic E-state index is 11.1. The Kier molecular flexibility index (Phi) is 13.6. The fourth-order valence-corrected chi connectivity index (χ4v) is 2.67. The fraction of sp³-hybridized carbons (Fsp3) is 0.941. The summed E-state index contributed by atoms with van der Waals surface area (Å²) in [6.07, 6.45) is 9.20. The number of aliphatic hydroxyl groups excluding tert-OH is 3. The summed E-state index contributed by atoms with van der Waals surface area (Å²) >= 11 is 0. The molecular formula is C17H34O5. The van der Waals surface area contributed by atoms with Crippen molar-refractivity contribution in [3.8, 4) is 0 Å². The van der Waals surface area contributed by atoms with Crippen molar-refractivity contribution < 1.29 is 25.2 Å². The number of rotatable bonds is 15. The van der Waals surface area contributed by atoms with Crippen LogP contribution in [-0.4, -0.2) is 45.2 Å². The molecule has 0 bridgehead atoms. The van der Waals surface area contributed by atoms with E-state index >= 15 is 0 Å². The van der Waals surface area contributed by atoms with E-state index in [4.69, 9.17) is 10.2 Å². The van der Waals surface area contributed by atoms with Crippen molar-refractivity contribution in [2.75, 3.05) is 6.61 Å². The van der Waals surface area contributed by atoms with Crippen LogP contribution in [0.1, 0.15) is 77.6 Å². The van der Waals surface area contributed by atoms with Crippen LogP contribution < -0.4 is 0 Å². The third-order valence-electron chi connectivity index (χ3n) is 4.18. The van der Waals surface area contributed by atoms with E-state index in [2.05, 4.69) is 6.92 Å². The molecule has 0 aromatic rings. The van der Waals surface area contributed by atoms with Crippen LogP contribution in [0, 0.1) is 5.92 Å². The van der Waals surface area contributed by atoms with Gasteiger partial charge in [-0.25, -0.2) is 0 Å². The number of carbonyl (C=O) groups is 1. The molecule has 0 saturated heterocycles. The molecule has 0 aliphatic heterocycles. The van der Waals surface area contributed by atoms with Gasteiger partial charge in [-0.1, -0.05) is 71.1 Å². The first-order chi connectivity index (χ1) is 10.5. The van der Waals surface area contributed by atoms with Crippen LogP contribution in [0.4, 0.5) is 0 Å². The van der Waals surface area contributed by atoms with Crippen molar-refractivity contribution in [3.05, 3.63) is 0 Å². The van der Waals surface area contributed by atoms with Gasteiger partial charge in [-0.15, -0.1) is 0 Å². The second-order valence-corrected chi connectivity index (χ2v) is 6.16. The Morgan fingerprint density at radius 2 is 1.32 bits per heavy atom. The van der Waals surface area contributed by atoms with Crippen LogP contribution in [0.3, 0.4) is 0 Å². The van der Waals surface area contributed by atoms with Crippen LogP contribution in [0.2, 0.25) is 0 Å². The van der Waals surface area contributed by atoms with Gasteiger partial charge in [0, 0.05) is 0 Å². The molecule has 5 heteroatoms. The van der Waals surface area contributed by atoms with Crippen molar-refractivity contribution in [1.29, 1.82) is 0 Å². The van der Waals surface area contributed by atoms with Crippen molar-refractivity contribution in [2.24, 2.45) is 5.92 Å². The quantitative estimate of drug-likeness (QED) is 0.348. The summed E-state index contributed by atoms with van der Waals surface area (Å²) in [5.41, 5.74) is 0. The molecule has 0 spiro atoms. The minimum Gasteiger partial charge on any atom is -0.481 e. The first kappa shape index (κ1) is 21.4. The Morgan fingerprint density at radius 3 is 1.73 bits per heavy atom. The average Bonchev–Trinajstić information content (AvgIpc) is 2.51. The van der Waals surface area contributed by atoms with Gasteiger partial charge in [0.2, 0.25) is 0 Å². The molecule has 4 N–H and O–H groups in total. The zero-order valence-electron chi connectivity index (χ0n) is 13.9. The van der Waals surface area contributed by atoms with E-state index in [1.165, 1.54) is 44.9 Å². The summed E-state index contributed by atoms with van der Waals surface area (Å²) < 4.78 is 0. The Labute approximate surface area is 134 Å². The van der Waals surface area contributed by atoms with Gasteiger partial charge < -0.3 is 20.4 Å². The average molecular weight is 318 g/mol. The molecule has 5 nitrogen and oxygen atoms in total. The van der Waals surface area contributed by atoms with Gasteiger partial charge in [0.25, 0.3) is 0 Å². The second-order valence-electron chi connectivity index (χ2n) is 6.16. The second kappa shape index (κ2) is 14.0. The van der Waals surface area contributed by atoms with Gasteiger partial charge in [-0.2, -0.15) is 0 Å². The molecule has 0 saturated carbocycles. The predicted molar refractivity (Wildman–Crippen MR) is 86.7 cm³/mol. The minimum atomic E-state index is -1.40. The van der Waals surface area contributed by atoms with Crippen molar-refractivity contribution in [3.63, 3.8) is 0 Å². The molecule has 0 rings (SSSR count). The summed E-state index contributed by atoms with van der Waals surface area (Å²) in [5, 5.41) is 36.9. The molecule has 0 aromatic heterocycles. The third kappa shape index (κ3) is 10.1. The van der Waals surface area contributed by atoms with E-state index in [0.29, 0.717) is 6.42 Å². The Bertz CT molecular complexity index is 270. The standard InChI is InChI=1S/C17H34O5/c1-2-3-4-5-6-7-8-9-10-11-12-14(17(21)22)16(20)15(19)13-18/h14-16,18-20H,2-13H2,1H3,(H,21,22). The van der Waals surface area contributed by atoms with Crippen LogP contribution in [-0.2, 0) is 4.79 Å². The highest BCUT2D eigenvalue weighted by molar-refractivity contribution is 5.70. The number of hydrogen-bond donors (Lipinski definition) is 4. The normalized spacial score (nSPS) is 15.5. The van der Waals surface area contributed by atoms with Crippen molar-refractivity contribution >= 4 is 5.97 Å². The molecule has 0 aliphatic rings. The number of carboxylic acid groups (broad SMARTS) is 1. The van der Waals surface area contributed by atoms with Crippen LogP contribution >= 0.6 is 0 Å². The lowest BCUT2D eigenvalue weighted by atomic mass is 9.92. The molecule has 22 heavy (non-hydrogen) atoms. The maximum Gasteiger partial charge on any atom is 0.309 e. The van der Waals surface area contributed by atoms with E-state index < -0.39 is 30.7 Å². The Morgan fingerprint density at radius 1 is 0.864 bits per heavy atom. The van der Waals surface area contributed by atoms with Gasteiger partial charge in [0.1, 0.15) is 6.10 Å². The molecule has 3 unspecified atom stereocenters. The largest absolute Gasteiger partial charge is 0.481 e. The van der Waals surface area contributed by atoms with Gasteiger partial charge in [-0.3, -0.25) is 4.79 Å². The van der Waals surface area contributed by atoms with Crippen molar-refractivity contribution in [1.82, 2.24) is 0 Å². The van der Waals surface area contributed by atoms with Crippen LogP contribution in [0.5, 0.6) is 0 Å². The van der Waals surface area contributed by atoms with E-state index in [1.807, 2.05) is 0 Å². The monoisotopic (exact) mass is 318 g/mol. The number of aliphatic hydroxyl groups is 3. The summed E-state index contributed by atoms with van der Waals surface area (Å²) in [6.45, 7) is 1.59. The predicted octanol–water partition coefficient (Wildman–Crippen LogP) is 2.71. The SMILES string of the molecule is CCCCCCCCCCCCC(C(=O)O)C(O)C(O)CO. The lowest BCUT2D eigenvalue weighted by Gasteiger charge is -2.22. The molecule has 0 radical (unpaired) electrons. The zero-order valence-corrected chi connectivity index (χ0v) is 13.9. The summed E-state index contributed by atoms with van der Waals surface area (Å²) in [7, 11) is 0. The molecular weight excluding hydrogens is 284 g/mol. The number of hydrogen-bond acceptors (Lipinski definition) is 4. The number of aliphatic carboxylic acids is 1. The van der Waals surface area contributed by atoms with Gasteiger partial charge in [-0.05, 0) is 6.42 Å². The Hall–Kier alpha value is -0.650. The van der Waals surface area contributed by atoms with Crippen LogP contribution in [0.15, 0.2) is 0 Å². The summed E-state index contributed by atoms with van der Waals surface area (Å²) in [4.78, 5) is 11.1. The highest BCUT2D eigenvalue weighted by Gasteiger charge is 2.30. The highest BCUT2D eigenvalue weighted by Crippen LogP contribution is 2.18. The first-order valence-corrected chi connectivity index (χ1v) is 8.74. The third-order valence-corrected chi connectivity index (χ3v) is 4.18.